The highest BCUT2D eigenvalue weighted by atomic mass is 19.1. The third kappa shape index (κ3) is 4.31. The summed E-state index contributed by atoms with van der Waals surface area (Å²) in [6, 6.07) is 9.75. The lowest BCUT2D eigenvalue weighted by Gasteiger charge is -2.37. The topological polar surface area (TPSA) is 118 Å². The highest BCUT2D eigenvalue weighted by Crippen LogP contribution is 2.30. The highest BCUT2D eigenvalue weighted by molar-refractivity contribution is 5.79. The van der Waals surface area contributed by atoms with E-state index in [1.807, 2.05) is 17.0 Å². The van der Waals surface area contributed by atoms with E-state index in [-0.39, 0.29) is 23.6 Å². The summed E-state index contributed by atoms with van der Waals surface area (Å²) >= 11 is 0. The van der Waals surface area contributed by atoms with Crippen molar-refractivity contribution in [2.45, 2.75) is 31.6 Å². The van der Waals surface area contributed by atoms with Gasteiger partial charge in [0.25, 0.3) is 0 Å². The lowest BCUT2D eigenvalue weighted by atomic mass is 9.92. The van der Waals surface area contributed by atoms with Crippen LogP contribution in [0.5, 0.6) is 0 Å². The molecule has 1 unspecified atom stereocenters. The van der Waals surface area contributed by atoms with Gasteiger partial charge in [0.1, 0.15) is 5.82 Å². The summed E-state index contributed by atoms with van der Waals surface area (Å²) in [5.41, 5.74) is 1.30. The Balaban J connectivity index is 1.07. The molecular formula is C23H24FN9O2. The zero-order chi connectivity index (χ0) is 23.8. The maximum atomic E-state index is 13.3. The van der Waals surface area contributed by atoms with Crippen LogP contribution in [0.2, 0.25) is 0 Å². The van der Waals surface area contributed by atoms with Crippen LogP contribution in [0.25, 0.3) is 17.0 Å². The van der Waals surface area contributed by atoms with Gasteiger partial charge in [0.05, 0.1) is 5.92 Å². The predicted octanol–water partition coefficient (Wildman–Crippen LogP) is 2.33. The molecule has 5 heterocycles. The van der Waals surface area contributed by atoms with Gasteiger partial charge < -0.3 is 14.3 Å². The minimum absolute atomic E-state index is 0.00158. The summed E-state index contributed by atoms with van der Waals surface area (Å²) < 4.78 is 20.2. The Bertz CT molecular complexity index is 1330. The Morgan fingerprint density at radius 1 is 1.03 bits per heavy atom. The van der Waals surface area contributed by atoms with E-state index in [0.717, 1.165) is 51.1 Å². The quantitative estimate of drug-likeness (QED) is 0.436. The van der Waals surface area contributed by atoms with Crippen molar-refractivity contribution >= 4 is 17.4 Å². The zero-order valence-corrected chi connectivity index (χ0v) is 19.0. The molecule has 0 bridgehead atoms. The van der Waals surface area contributed by atoms with E-state index in [9.17, 15) is 9.18 Å². The normalized spacial score (nSPS) is 19.4. The first kappa shape index (κ1) is 21.6. The Kier molecular flexibility index (Phi) is 5.55. The van der Waals surface area contributed by atoms with Crippen molar-refractivity contribution in [3.8, 4) is 11.4 Å². The van der Waals surface area contributed by atoms with Crippen molar-refractivity contribution in [3.05, 3.63) is 48.1 Å². The molecule has 12 heteroatoms. The van der Waals surface area contributed by atoms with Gasteiger partial charge >= 0.3 is 0 Å². The van der Waals surface area contributed by atoms with Crippen molar-refractivity contribution < 1.29 is 13.7 Å². The molecule has 2 saturated heterocycles. The van der Waals surface area contributed by atoms with Gasteiger partial charge in [0.2, 0.25) is 17.6 Å². The van der Waals surface area contributed by atoms with Gasteiger partial charge in [-0.15, -0.1) is 14.8 Å². The Morgan fingerprint density at radius 3 is 2.69 bits per heavy atom. The summed E-state index contributed by atoms with van der Waals surface area (Å²) in [5, 5.41) is 19.9. The maximum absolute atomic E-state index is 13.3. The van der Waals surface area contributed by atoms with E-state index >= 15 is 0 Å². The van der Waals surface area contributed by atoms with Crippen LogP contribution < -0.4 is 4.90 Å². The van der Waals surface area contributed by atoms with Crippen molar-refractivity contribution in [2.75, 3.05) is 31.1 Å². The minimum atomic E-state index is -0.311. The maximum Gasteiger partial charge on any atom is 0.231 e. The molecule has 1 atom stereocenters. The predicted molar refractivity (Wildman–Crippen MR) is 122 cm³/mol. The first-order valence-corrected chi connectivity index (χ1v) is 11.8. The molecule has 2 fully saturated rings. The fraction of sp³-hybridized carbons (Fsp3) is 0.435. The lowest BCUT2D eigenvalue weighted by molar-refractivity contribution is -0.137. The van der Waals surface area contributed by atoms with Crippen LogP contribution >= 0.6 is 0 Å². The van der Waals surface area contributed by atoms with Crippen LogP contribution in [0.3, 0.4) is 0 Å². The number of halogens is 1. The van der Waals surface area contributed by atoms with Crippen molar-refractivity contribution in [1.82, 2.24) is 40.3 Å². The lowest BCUT2D eigenvalue weighted by Crippen LogP contribution is -2.46. The van der Waals surface area contributed by atoms with E-state index in [1.54, 1.807) is 12.1 Å². The number of likely N-dealkylation sites (tertiary alicyclic amines) is 1. The van der Waals surface area contributed by atoms with Gasteiger partial charge in [0, 0.05) is 37.7 Å². The third-order valence-electron chi connectivity index (χ3n) is 6.85. The van der Waals surface area contributed by atoms with Crippen molar-refractivity contribution in [2.24, 2.45) is 5.92 Å². The molecule has 0 spiro atoms. The van der Waals surface area contributed by atoms with Crippen LogP contribution in [0.15, 0.2) is 40.9 Å². The summed E-state index contributed by atoms with van der Waals surface area (Å²) in [6.45, 7) is 2.81. The summed E-state index contributed by atoms with van der Waals surface area (Å²) in [4.78, 5) is 22.0. The number of carbonyl (C=O) groups is 1. The van der Waals surface area contributed by atoms with Crippen LogP contribution in [0, 0.1) is 11.7 Å². The number of fused-ring (bicyclic) bond motifs is 1. The molecule has 35 heavy (non-hydrogen) atoms. The highest BCUT2D eigenvalue weighted by Gasteiger charge is 2.34. The summed E-state index contributed by atoms with van der Waals surface area (Å²) in [7, 11) is 0. The molecule has 3 aromatic heterocycles. The van der Waals surface area contributed by atoms with Gasteiger partial charge in [-0.3, -0.25) is 4.79 Å². The number of benzene rings is 1. The van der Waals surface area contributed by atoms with Crippen molar-refractivity contribution in [3.63, 3.8) is 0 Å². The second kappa shape index (κ2) is 9.01. The molecule has 0 saturated carbocycles. The molecule has 4 aromatic rings. The largest absolute Gasteiger partial charge is 0.355 e. The van der Waals surface area contributed by atoms with Gasteiger partial charge in [-0.1, -0.05) is 5.16 Å². The third-order valence-corrected chi connectivity index (χ3v) is 6.85. The SMILES string of the molecule is O=C(C1CCN(c2ccc3nnnn3n2)CC1)N1CCCC(c2nc(-c3ccc(F)cc3)no2)C1. The second-order valence-electron chi connectivity index (χ2n) is 9.07. The standard InChI is InChI=1S/C23H24FN9O2/c24-18-5-3-15(4-6-18)21-25-22(35-28-21)17-2-1-11-32(14-17)23(34)16-9-12-31(13-10-16)20-8-7-19-26-29-30-33(19)27-20/h3-8,16-17H,1-2,9-14H2. The number of piperidine rings is 2. The first-order chi connectivity index (χ1) is 17.1. The molecule has 2 aliphatic rings. The van der Waals surface area contributed by atoms with Gasteiger partial charge in [-0.2, -0.15) is 4.98 Å². The molecule has 2 aliphatic heterocycles. The molecular weight excluding hydrogens is 453 g/mol. The van der Waals surface area contributed by atoms with Crippen molar-refractivity contribution in [1.29, 1.82) is 0 Å². The number of amides is 1. The molecule has 180 valence electrons. The van der Waals surface area contributed by atoms with Crippen LogP contribution in [0.1, 0.15) is 37.5 Å². The smallest absolute Gasteiger partial charge is 0.231 e. The monoisotopic (exact) mass is 477 g/mol. The van der Waals surface area contributed by atoms with E-state index in [2.05, 4.69) is 35.7 Å². The number of hydrogen-bond acceptors (Lipinski definition) is 9. The average Bonchev–Trinajstić information content (AvgIpc) is 3.59. The van der Waals surface area contributed by atoms with E-state index in [4.69, 9.17) is 4.52 Å². The number of nitrogens with zero attached hydrogens (tertiary/aromatic N) is 9. The summed E-state index contributed by atoms with van der Waals surface area (Å²) in [6.07, 6.45) is 3.31. The molecule has 0 aliphatic carbocycles. The number of tetrazole rings is 1. The molecule has 11 nitrogen and oxygen atoms in total. The van der Waals surface area contributed by atoms with Gasteiger partial charge in [-0.05, 0) is 72.5 Å². The minimum Gasteiger partial charge on any atom is -0.355 e. The molecule has 6 rings (SSSR count). The molecule has 0 radical (unpaired) electrons. The first-order valence-electron chi connectivity index (χ1n) is 11.8. The van der Waals surface area contributed by atoms with Crippen LogP contribution in [-0.4, -0.2) is 72.4 Å². The second-order valence-corrected chi connectivity index (χ2v) is 9.07. The van der Waals surface area contributed by atoms with Gasteiger partial charge in [-0.25, -0.2) is 4.39 Å². The number of hydrogen-bond donors (Lipinski definition) is 0. The Labute approximate surface area is 199 Å². The van der Waals surface area contributed by atoms with Crippen LogP contribution in [-0.2, 0) is 4.79 Å². The summed E-state index contributed by atoms with van der Waals surface area (Å²) in [5.74, 6) is 1.64. The van der Waals surface area contributed by atoms with E-state index in [1.165, 1.54) is 16.8 Å². The Hall–Kier alpha value is -3.96. The number of anilines is 1. The fourth-order valence-corrected chi connectivity index (χ4v) is 4.92. The van der Waals surface area contributed by atoms with E-state index in [0.29, 0.717) is 29.5 Å². The molecule has 0 N–H and O–H groups in total. The number of rotatable bonds is 4. The van der Waals surface area contributed by atoms with E-state index < -0.39 is 0 Å². The Morgan fingerprint density at radius 2 is 1.86 bits per heavy atom. The average molecular weight is 478 g/mol. The zero-order valence-electron chi connectivity index (χ0n) is 19.0. The van der Waals surface area contributed by atoms with Gasteiger partial charge in [0.15, 0.2) is 11.5 Å². The number of aromatic nitrogens is 7. The van der Waals surface area contributed by atoms with Crippen LogP contribution in [0.4, 0.5) is 10.2 Å². The fourth-order valence-electron chi connectivity index (χ4n) is 4.92. The molecule has 1 aromatic carbocycles. The molecule has 1 amide bonds. The number of carbonyl (C=O) groups excluding carboxylic acids is 1.